The average Bonchev–Trinajstić information content (AvgIpc) is 2.77. The van der Waals surface area contributed by atoms with Crippen LogP contribution in [0, 0.1) is 5.41 Å². The van der Waals surface area contributed by atoms with Crippen molar-refractivity contribution in [3.05, 3.63) is 81.2 Å². The Balaban J connectivity index is 2.00. The first-order chi connectivity index (χ1) is 16.3. The molecule has 1 unspecified atom stereocenters. The number of rotatable bonds is 4. The molecular formula is C25H26BrN3O5S. The van der Waals surface area contributed by atoms with Gasteiger partial charge in [-0.05, 0) is 53.8 Å². The van der Waals surface area contributed by atoms with Crippen molar-refractivity contribution in [2.24, 2.45) is 16.3 Å². The summed E-state index contributed by atoms with van der Waals surface area (Å²) in [6.45, 7) is 4.00. The number of hydrogen-bond acceptors (Lipinski definition) is 7. The molecule has 8 nitrogen and oxygen atoms in total. The molecule has 10 heteroatoms. The number of Topliss-reactive ketones (excluding diaryl/α,β-unsaturated/α-hetero) is 1. The molecule has 2 aliphatic rings. The monoisotopic (exact) mass is 559 g/mol. The molecule has 1 atom stereocenters. The standard InChI is InChI=1S/C25H26BrN3O5S/c1-25(2)12-18-21(19(30)13-25)20(14-4-6-15(26)7-5-14)22(24(31)34-3)23(27)29(18)16-8-10-17(11-9-16)35(28,32)33/h4-11,20H,12-13,27H2,1-3H3,(H2,28,32,33). The second-order valence-electron chi connectivity index (χ2n) is 9.45. The summed E-state index contributed by atoms with van der Waals surface area (Å²) in [5.41, 5.74) is 8.86. The Morgan fingerprint density at radius 1 is 1.09 bits per heavy atom. The Bertz CT molecular complexity index is 1380. The molecule has 2 aromatic carbocycles. The molecule has 0 aromatic heterocycles. The molecule has 4 N–H and O–H groups in total. The van der Waals surface area contributed by atoms with Gasteiger partial charge in [0, 0.05) is 27.9 Å². The summed E-state index contributed by atoms with van der Waals surface area (Å²) in [6, 6.07) is 13.2. The molecule has 1 heterocycles. The molecule has 1 aliphatic heterocycles. The maximum absolute atomic E-state index is 13.6. The third-order valence-electron chi connectivity index (χ3n) is 6.29. The Morgan fingerprint density at radius 3 is 2.23 bits per heavy atom. The summed E-state index contributed by atoms with van der Waals surface area (Å²) in [7, 11) is -2.63. The second kappa shape index (κ2) is 8.92. The van der Waals surface area contributed by atoms with E-state index in [0.717, 1.165) is 10.0 Å². The van der Waals surface area contributed by atoms with Gasteiger partial charge in [-0.3, -0.25) is 9.69 Å². The van der Waals surface area contributed by atoms with Crippen molar-refractivity contribution in [1.29, 1.82) is 0 Å². The Labute approximate surface area is 212 Å². The van der Waals surface area contributed by atoms with E-state index in [1.165, 1.54) is 19.2 Å². The second-order valence-corrected chi connectivity index (χ2v) is 11.9. The highest BCUT2D eigenvalue weighted by Gasteiger charge is 2.46. The number of esters is 1. The van der Waals surface area contributed by atoms with E-state index in [1.54, 1.807) is 17.0 Å². The van der Waals surface area contributed by atoms with Crippen molar-refractivity contribution < 1.29 is 22.7 Å². The maximum atomic E-state index is 13.6. The first kappa shape index (κ1) is 25.2. The maximum Gasteiger partial charge on any atom is 0.338 e. The first-order valence-electron chi connectivity index (χ1n) is 10.9. The minimum absolute atomic E-state index is 0.0593. The molecule has 35 heavy (non-hydrogen) atoms. The normalized spacial score (nSPS) is 20.1. The summed E-state index contributed by atoms with van der Waals surface area (Å²) in [5.74, 6) is -1.30. The molecule has 0 radical (unpaired) electrons. The number of hydrogen-bond donors (Lipinski definition) is 2. The van der Waals surface area contributed by atoms with E-state index in [-0.39, 0.29) is 27.5 Å². The lowest BCUT2D eigenvalue weighted by Crippen LogP contribution is -2.43. The van der Waals surface area contributed by atoms with Gasteiger partial charge in [0.2, 0.25) is 10.0 Å². The number of carbonyl (C=O) groups is 2. The van der Waals surface area contributed by atoms with Gasteiger partial charge in [0.1, 0.15) is 5.82 Å². The molecule has 0 saturated heterocycles. The predicted molar refractivity (Wildman–Crippen MR) is 135 cm³/mol. The highest BCUT2D eigenvalue weighted by atomic mass is 79.9. The van der Waals surface area contributed by atoms with Gasteiger partial charge >= 0.3 is 5.97 Å². The number of primary sulfonamides is 1. The van der Waals surface area contributed by atoms with Crippen LogP contribution in [0.5, 0.6) is 0 Å². The van der Waals surface area contributed by atoms with Crippen LogP contribution in [-0.4, -0.2) is 27.3 Å². The van der Waals surface area contributed by atoms with Gasteiger partial charge in [-0.15, -0.1) is 0 Å². The van der Waals surface area contributed by atoms with Gasteiger partial charge in [-0.2, -0.15) is 0 Å². The van der Waals surface area contributed by atoms with Gasteiger partial charge in [-0.1, -0.05) is 41.9 Å². The molecule has 0 fully saturated rings. The van der Waals surface area contributed by atoms with Crippen LogP contribution in [-0.2, 0) is 24.3 Å². The van der Waals surface area contributed by atoms with Gasteiger partial charge in [0.05, 0.1) is 23.5 Å². The SMILES string of the molecule is COC(=O)C1=C(N)N(c2ccc(S(N)(=O)=O)cc2)C2=C(C(=O)CC(C)(C)C2)C1c1ccc(Br)cc1. The zero-order valence-corrected chi connectivity index (χ0v) is 21.9. The van der Waals surface area contributed by atoms with E-state index < -0.39 is 21.9 Å². The van der Waals surface area contributed by atoms with Crippen molar-refractivity contribution in [1.82, 2.24) is 0 Å². The van der Waals surface area contributed by atoms with Crippen molar-refractivity contribution in [2.75, 3.05) is 12.0 Å². The summed E-state index contributed by atoms with van der Waals surface area (Å²) in [6.07, 6.45) is 0.832. The molecule has 0 amide bonds. The zero-order chi connectivity index (χ0) is 25.7. The quantitative estimate of drug-likeness (QED) is 0.545. The van der Waals surface area contributed by atoms with Crippen LogP contribution in [0.15, 0.2) is 80.6 Å². The molecule has 4 rings (SSSR count). The van der Waals surface area contributed by atoms with Crippen LogP contribution in [0.3, 0.4) is 0 Å². The van der Waals surface area contributed by atoms with Crippen LogP contribution < -0.4 is 15.8 Å². The van der Waals surface area contributed by atoms with E-state index >= 15 is 0 Å². The van der Waals surface area contributed by atoms with Crippen molar-refractivity contribution in [3.8, 4) is 0 Å². The summed E-state index contributed by atoms with van der Waals surface area (Å²) < 4.78 is 29.5. The number of allylic oxidation sites excluding steroid dienone is 2. The van der Waals surface area contributed by atoms with Crippen molar-refractivity contribution >= 4 is 43.4 Å². The number of nitrogens with two attached hydrogens (primary N) is 2. The van der Waals surface area contributed by atoms with Gasteiger partial charge in [0.25, 0.3) is 0 Å². The number of benzene rings is 2. The summed E-state index contributed by atoms with van der Waals surface area (Å²) >= 11 is 3.43. The van der Waals surface area contributed by atoms with E-state index in [1.807, 2.05) is 38.1 Å². The van der Waals surface area contributed by atoms with Gasteiger partial charge in [0.15, 0.2) is 5.78 Å². The fourth-order valence-corrected chi connectivity index (χ4v) is 5.57. The summed E-state index contributed by atoms with van der Waals surface area (Å²) in [5, 5.41) is 5.25. The van der Waals surface area contributed by atoms with E-state index in [9.17, 15) is 18.0 Å². The number of methoxy groups -OCH3 is 1. The summed E-state index contributed by atoms with van der Waals surface area (Å²) in [4.78, 5) is 28.3. The molecule has 2 aromatic rings. The fraction of sp³-hybridized carbons (Fsp3) is 0.280. The molecule has 0 bridgehead atoms. The average molecular weight is 560 g/mol. The lowest BCUT2D eigenvalue weighted by atomic mass is 9.68. The minimum Gasteiger partial charge on any atom is -0.466 e. The minimum atomic E-state index is -3.90. The number of anilines is 1. The molecule has 0 saturated carbocycles. The van der Waals surface area contributed by atoms with Crippen LogP contribution in [0.4, 0.5) is 5.69 Å². The molecule has 0 spiro atoms. The van der Waals surface area contributed by atoms with Crippen LogP contribution in [0.1, 0.15) is 38.2 Å². The van der Waals surface area contributed by atoms with Crippen molar-refractivity contribution in [3.63, 3.8) is 0 Å². The number of nitrogens with zero attached hydrogens (tertiary/aromatic N) is 1. The lowest BCUT2D eigenvalue weighted by molar-refractivity contribution is -0.136. The smallest absolute Gasteiger partial charge is 0.338 e. The molecular weight excluding hydrogens is 534 g/mol. The highest BCUT2D eigenvalue weighted by molar-refractivity contribution is 9.10. The van der Waals surface area contributed by atoms with E-state index in [2.05, 4.69) is 15.9 Å². The topological polar surface area (TPSA) is 133 Å². The number of sulfonamides is 1. The van der Waals surface area contributed by atoms with Crippen LogP contribution >= 0.6 is 15.9 Å². The molecule has 184 valence electrons. The van der Waals surface area contributed by atoms with E-state index in [4.69, 9.17) is 15.6 Å². The van der Waals surface area contributed by atoms with Gasteiger partial charge < -0.3 is 10.5 Å². The first-order valence-corrected chi connectivity index (χ1v) is 13.2. The number of carbonyl (C=O) groups excluding carboxylic acids is 2. The van der Waals surface area contributed by atoms with Crippen LogP contribution in [0.2, 0.25) is 0 Å². The largest absolute Gasteiger partial charge is 0.466 e. The highest BCUT2D eigenvalue weighted by Crippen LogP contribution is 2.50. The Kier molecular flexibility index (Phi) is 6.41. The Hall–Kier alpha value is -2.95. The fourth-order valence-electron chi connectivity index (χ4n) is 4.79. The number of halogens is 1. The van der Waals surface area contributed by atoms with Crippen molar-refractivity contribution in [2.45, 2.75) is 37.5 Å². The van der Waals surface area contributed by atoms with Gasteiger partial charge in [-0.25, -0.2) is 18.4 Å². The third-order valence-corrected chi connectivity index (χ3v) is 7.75. The van der Waals surface area contributed by atoms with E-state index in [0.29, 0.717) is 29.8 Å². The Morgan fingerprint density at radius 2 is 1.69 bits per heavy atom. The number of ketones is 1. The third kappa shape index (κ3) is 4.65. The zero-order valence-electron chi connectivity index (χ0n) is 19.5. The predicted octanol–water partition coefficient (Wildman–Crippen LogP) is 3.69. The molecule has 1 aliphatic carbocycles. The van der Waals surface area contributed by atoms with Crippen LogP contribution in [0.25, 0.3) is 0 Å². The lowest BCUT2D eigenvalue weighted by Gasteiger charge is -2.44. The number of ether oxygens (including phenoxy) is 1.